The Labute approximate surface area is 144 Å². The van der Waals surface area contributed by atoms with E-state index in [0.29, 0.717) is 10.3 Å². The van der Waals surface area contributed by atoms with E-state index in [2.05, 4.69) is 25.5 Å². The fraction of sp³-hybridized carbons (Fsp3) is 0.231. The van der Waals surface area contributed by atoms with Gasteiger partial charge >= 0.3 is 0 Å². The fourth-order valence-corrected chi connectivity index (χ4v) is 3.66. The number of benzene rings is 1. The zero-order chi connectivity index (χ0) is 16.2. The molecular formula is C13H13N5O2S3. The second-order valence-electron chi connectivity index (χ2n) is 4.34. The van der Waals surface area contributed by atoms with Crippen LogP contribution in [0.4, 0.5) is 5.13 Å². The molecule has 0 radical (unpaired) electrons. The molecule has 3 rings (SSSR count). The minimum atomic E-state index is -0.142. The van der Waals surface area contributed by atoms with Gasteiger partial charge in [0.05, 0.1) is 23.9 Å². The molecule has 0 saturated carbocycles. The number of fused-ring (bicyclic) bond motifs is 1. The predicted molar refractivity (Wildman–Crippen MR) is 93.7 cm³/mol. The molecule has 2 aromatic heterocycles. The first-order chi connectivity index (χ1) is 11.2. The van der Waals surface area contributed by atoms with Crippen LogP contribution in [0.5, 0.6) is 5.75 Å². The normalized spacial score (nSPS) is 10.9. The summed E-state index contributed by atoms with van der Waals surface area (Å²) in [6.07, 6.45) is 1.92. The first-order valence-corrected chi connectivity index (χ1v) is 9.54. The van der Waals surface area contributed by atoms with Crippen molar-refractivity contribution in [1.29, 1.82) is 0 Å². The minimum absolute atomic E-state index is 0.142. The van der Waals surface area contributed by atoms with E-state index in [0.717, 1.165) is 21.1 Å². The Morgan fingerprint density at radius 3 is 3.04 bits per heavy atom. The summed E-state index contributed by atoms with van der Waals surface area (Å²) in [5.74, 6) is 0.860. The highest BCUT2D eigenvalue weighted by Gasteiger charge is 2.10. The Balaban J connectivity index is 1.60. The number of imidazole rings is 1. The fourth-order valence-electron chi connectivity index (χ4n) is 1.79. The van der Waals surface area contributed by atoms with Crippen LogP contribution >= 0.6 is 34.9 Å². The van der Waals surface area contributed by atoms with Crippen LogP contribution in [0.1, 0.15) is 0 Å². The largest absolute Gasteiger partial charge is 0.497 e. The van der Waals surface area contributed by atoms with Crippen molar-refractivity contribution >= 4 is 56.9 Å². The number of aromatic nitrogens is 4. The lowest BCUT2D eigenvalue weighted by atomic mass is 10.3. The highest BCUT2D eigenvalue weighted by atomic mass is 32.2. The average molecular weight is 367 g/mol. The van der Waals surface area contributed by atoms with Gasteiger partial charge in [0.1, 0.15) is 5.75 Å². The van der Waals surface area contributed by atoms with E-state index in [9.17, 15) is 4.79 Å². The second-order valence-corrected chi connectivity index (χ2v) is 7.33. The molecule has 0 bridgehead atoms. The van der Waals surface area contributed by atoms with Crippen LogP contribution in [0.3, 0.4) is 0 Å². The molecule has 0 aliphatic carbocycles. The van der Waals surface area contributed by atoms with Crippen molar-refractivity contribution in [3.05, 3.63) is 18.2 Å². The summed E-state index contributed by atoms with van der Waals surface area (Å²) in [5, 5.41) is 11.8. The lowest BCUT2D eigenvalue weighted by Crippen LogP contribution is -2.13. The average Bonchev–Trinajstić information content (AvgIpc) is 3.18. The maximum Gasteiger partial charge on any atom is 0.236 e. The number of hydrogen-bond acceptors (Lipinski definition) is 8. The summed E-state index contributed by atoms with van der Waals surface area (Å²) in [6, 6.07) is 5.60. The van der Waals surface area contributed by atoms with Crippen LogP contribution < -0.4 is 10.1 Å². The number of carbonyl (C=O) groups is 1. The third kappa shape index (κ3) is 3.95. The molecule has 0 aliphatic rings. The van der Waals surface area contributed by atoms with Crippen molar-refractivity contribution in [2.45, 2.75) is 9.50 Å². The zero-order valence-corrected chi connectivity index (χ0v) is 14.8. The quantitative estimate of drug-likeness (QED) is 0.511. The van der Waals surface area contributed by atoms with Gasteiger partial charge in [-0.15, -0.1) is 10.2 Å². The van der Waals surface area contributed by atoms with Crippen LogP contribution in [-0.4, -0.2) is 45.2 Å². The van der Waals surface area contributed by atoms with Gasteiger partial charge in [0.25, 0.3) is 0 Å². The van der Waals surface area contributed by atoms with Crippen molar-refractivity contribution in [2.24, 2.45) is 0 Å². The van der Waals surface area contributed by atoms with Gasteiger partial charge in [-0.3, -0.25) is 10.1 Å². The monoisotopic (exact) mass is 367 g/mol. The van der Waals surface area contributed by atoms with E-state index in [-0.39, 0.29) is 11.7 Å². The van der Waals surface area contributed by atoms with E-state index in [1.807, 2.05) is 24.5 Å². The van der Waals surface area contributed by atoms with E-state index >= 15 is 0 Å². The molecule has 0 aliphatic heterocycles. The third-order valence-corrected chi connectivity index (χ3v) is 5.52. The number of methoxy groups -OCH3 is 1. The highest BCUT2D eigenvalue weighted by molar-refractivity contribution is 8.00. The SMILES string of the molecule is COc1ccc2nc(SCC(=O)Nc3nnc(SC)s3)[nH]c2c1. The van der Waals surface area contributed by atoms with Crippen LogP contribution in [0.2, 0.25) is 0 Å². The Bertz CT molecular complexity index is 832. The molecule has 1 amide bonds. The first-order valence-electron chi connectivity index (χ1n) is 6.52. The molecule has 1 aromatic carbocycles. The highest BCUT2D eigenvalue weighted by Crippen LogP contribution is 2.25. The number of nitrogens with zero attached hydrogens (tertiary/aromatic N) is 3. The zero-order valence-electron chi connectivity index (χ0n) is 12.3. The topological polar surface area (TPSA) is 92.8 Å². The minimum Gasteiger partial charge on any atom is -0.497 e. The van der Waals surface area contributed by atoms with Crippen LogP contribution in [0.15, 0.2) is 27.7 Å². The molecule has 120 valence electrons. The Hall–Kier alpha value is -1.78. The van der Waals surface area contributed by atoms with Crippen molar-refractivity contribution in [3.8, 4) is 5.75 Å². The molecule has 23 heavy (non-hydrogen) atoms. The maximum absolute atomic E-state index is 11.9. The van der Waals surface area contributed by atoms with Gasteiger partial charge in [0.2, 0.25) is 11.0 Å². The van der Waals surface area contributed by atoms with Gasteiger partial charge in [-0.25, -0.2) is 4.98 Å². The number of carbonyl (C=O) groups excluding carboxylic acids is 1. The van der Waals surface area contributed by atoms with Crippen LogP contribution in [-0.2, 0) is 4.79 Å². The molecule has 3 aromatic rings. The van der Waals surface area contributed by atoms with Gasteiger partial charge in [0.15, 0.2) is 9.50 Å². The molecule has 7 nitrogen and oxygen atoms in total. The molecule has 0 fully saturated rings. The summed E-state index contributed by atoms with van der Waals surface area (Å²) in [6.45, 7) is 0. The summed E-state index contributed by atoms with van der Waals surface area (Å²) in [5.41, 5.74) is 1.71. The number of thioether (sulfide) groups is 2. The van der Waals surface area contributed by atoms with Gasteiger partial charge in [0, 0.05) is 6.07 Å². The number of anilines is 1. The number of ether oxygens (including phenoxy) is 1. The van der Waals surface area contributed by atoms with E-state index in [4.69, 9.17) is 4.74 Å². The molecule has 0 unspecified atom stereocenters. The Morgan fingerprint density at radius 2 is 2.30 bits per heavy atom. The second kappa shape index (κ2) is 7.20. The molecule has 2 heterocycles. The van der Waals surface area contributed by atoms with E-state index < -0.39 is 0 Å². The molecule has 2 N–H and O–H groups in total. The van der Waals surface area contributed by atoms with Gasteiger partial charge in [-0.1, -0.05) is 34.9 Å². The molecule has 0 spiro atoms. The molecular weight excluding hydrogens is 354 g/mol. The van der Waals surface area contributed by atoms with Crippen molar-refractivity contribution < 1.29 is 9.53 Å². The summed E-state index contributed by atoms with van der Waals surface area (Å²) < 4.78 is 5.99. The van der Waals surface area contributed by atoms with Crippen molar-refractivity contribution in [1.82, 2.24) is 20.2 Å². The number of rotatable bonds is 6. The summed E-state index contributed by atoms with van der Waals surface area (Å²) >= 11 is 4.18. The molecule has 0 saturated heterocycles. The van der Waals surface area contributed by atoms with Gasteiger partial charge in [-0.05, 0) is 18.4 Å². The number of H-pyrrole nitrogens is 1. The summed E-state index contributed by atoms with van der Waals surface area (Å²) in [7, 11) is 1.62. The number of aromatic amines is 1. The van der Waals surface area contributed by atoms with E-state index in [1.165, 1.54) is 34.9 Å². The Morgan fingerprint density at radius 1 is 1.43 bits per heavy atom. The number of hydrogen-bond donors (Lipinski definition) is 2. The molecule has 0 atom stereocenters. The van der Waals surface area contributed by atoms with Crippen molar-refractivity contribution in [3.63, 3.8) is 0 Å². The lowest BCUT2D eigenvalue weighted by molar-refractivity contribution is -0.113. The standard InChI is InChI=1S/C13H13N5O2S3/c1-20-7-3-4-8-9(5-7)15-11(14-8)22-6-10(19)16-12-17-18-13(21-2)23-12/h3-5H,6H2,1-2H3,(H,14,15)(H,16,17,19). The van der Waals surface area contributed by atoms with Crippen molar-refractivity contribution in [2.75, 3.05) is 24.4 Å². The first kappa shape index (κ1) is 16.1. The maximum atomic E-state index is 11.9. The summed E-state index contributed by atoms with van der Waals surface area (Å²) in [4.78, 5) is 19.5. The number of amides is 1. The molecule has 10 heteroatoms. The smallest absolute Gasteiger partial charge is 0.236 e. The predicted octanol–water partition coefficient (Wildman–Crippen LogP) is 2.88. The van der Waals surface area contributed by atoms with E-state index in [1.54, 1.807) is 7.11 Å². The third-order valence-electron chi connectivity index (χ3n) is 2.83. The number of nitrogens with one attached hydrogen (secondary N) is 2. The Kier molecular flexibility index (Phi) is 5.03. The van der Waals surface area contributed by atoms with Crippen LogP contribution in [0.25, 0.3) is 11.0 Å². The van der Waals surface area contributed by atoms with Gasteiger partial charge < -0.3 is 9.72 Å². The lowest BCUT2D eigenvalue weighted by Gasteiger charge is -1.98. The van der Waals surface area contributed by atoms with Crippen LogP contribution in [0, 0.1) is 0 Å². The van der Waals surface area contributed by atoms with Gasteiger partial charge in [-0.2, -0.15) is 0 Å².